The van der Waals surface area contributed by atoms with Gasteiger partial charge in [-0.25, -0.2) is 4.98 Å². The lowest BCUT2D eigenvalue weighted by Crippen LogP contribution is -2.21. The fraction of sp³-hybridized carbons (Fsp3) is 0.667. The Morgan fingerprint density at radius 3 is 2.61 bits per heavy atom. The third-order valence-corrected chi connectivity index (χ3v) is 3.10. The minimum Gasteiger partial charge on any atom is -0.360 e. The number of nitrogens with one attached hydrogen (secondary N) is 1. The van der Waals surface area contributed by atoms with Crippen molar-refractivity contribution in [2.75, 3.05) is 25.5 Å². The number of pyridine rings is 1. The summed E-state index contributed by atoms with van der Waals surface area (Å²) in [5, 5.41) is 3.21. The summed E-state index contributed by atoms with van der Waals surface area (Å²) in [5.41, 5.74) is 2.50. The average molecular weight is 249 g/mol. The minimum atomic E-state index is 0.472. The third kappa shape index (κ3) is 4.30. The van der Waals surface area contributed by atoms with Gasteiger partial charge in [0.2, 0.25) is 0 Å². The SMILES string of the molecule is CCCCN(C)c1cc(CNC)cc(C(C)C)n1. The lowest BCUT2D eigenvalue weighted by molar-refractivity contribution is 0.743. The summed E-state index contributed by atoms with van der Waals surface area (Å²) in [6, 6.07) is 4.40. The van der Waals surface area contributed by atoms with Gasteiger partial charge in [-0.15, -0.1) is 0 Å². The van der Waals surface area contributed by atoms with E-state index in [0.29, 0.717) is 5.92 Å². The van der Waals surface area contributed by atoms with E-state index in [0.717, 1.165) is 18.9 Å². The number of hydrogen-bond acceptors (Lipinski definition) is 3. The van der Waals surface area contributed by atoms with Gasteiger partial charge in [0.25, 0.3) is 0 Å². The highest BCUT2D eigenvalue weighted by Crippen LogP contribution is 2.20. The van der Waals surface area contributed by atoms with Gasteiger partial charge in [0, 0.05) is 25.8 Å². The van der Waals surface area contributed by atoms with Crippen molar-refractivity contribution in [3.8, 4) is 0 Å². The van der Waals surface area contributed by atoms with Crippen molar-refractivity contribution in [2.45, 2.75) is 46.1 Å². The van der Waals surface area contributed by atoms with Crippen LogP contribution < -0.4 is 10.2 Å². The molecule has 1 rings (SSSR count). The average Bonchev–Trinajstić information content (AvgIpc) is 2.35. The summed E-state index contributed by atoms with van der Waals surface area (Å²) in [6.07, 6.45) is 2.43. The summed E-state index contributed by atoms with van der Waals surface area (Å²) in [6.45, 7) is 8.59. The molecule has 0 atom stereocenters. The van der Waals surface area contributed by atoms with E-state index in [9.17, 15) is 0 Å². The van der Waals surface area contributed by atoms with Gasteiger partial charge in [0.1, 0.15) is 5.82 Å². The van der Waals surface area contributed by atoms with Crippen molar-refractivity contribution in [3.63, 3.8) is 0 Å². The molecule has 3 nitrogen and oxygen atoms in total. The molecule has 0 amide bonds. The predicted molar refractivity (Wildman–Crippen MR) is 79.3 cm³/mol. The minimum absolute atomic E-state index is 0.472. The fourth-order valence-electron chi connectivity index (χ4n) is 1.90. The van der Waals surface area contributed by atoms with E-state index >= 15 is 0 Å². The Kier molecular flexibility index (Phi) is 6.13. The van der Waals surface area contributed by atoms with Crippen LogP contribution in [0.25, 0.3) is 0 Å². The molecule has 102 valence electrons. The van der Waals surface area contributed by atoms with Crippen LogP contribution in [0, 0.1) is 0 Å². The van der Waals surface area contributed by atoms with E-state index in [4.69, 9.17) is 4.98 Å². The molecule has 0 radical (unpaired) electrons. The Hall–Kier alpha value is -1.09. The largest absolute Gasteiger partial charge is 0.360 e. The zero-order valence-corrected chi connectivity index (χ0v) is 12.5. The molecular formula is C15H27N3. The maximum atomic E-state index is 4.77. The monoisotopic (exact) mass is 249 g/mol. The second kappa shape index (κ2) is 7.37. The molecule has 0 fully saturated rings. The molecule has 0 saturated heterocycles. The molecule has 0 spiro atoms. The van der Waals surface area contributed by atoms with Crippen molar-refractivity contribution in [1.82, 2.24) is 10.3 Å². The van der Waals surface area contributed by atoms with Crippen molar-refractivity contribution < 1.29 is 0 Å². The number of aromatic nitrogens is 1. The summed E-state index contributed by atoms with van der Waals surface area (Å²) in [5.74, 6) is 1.57. The molecule has 0 saturated carbocycles. The van der Waals surface area contributed by atoms with Gasteiger partial charge in [-0.2, -0.15) is 0 Å². The molecule has 0 aliphatic carbocycles. The Bertz CT molecular complexity index is 361. The van der Waals surface area contributed by atoms with E-state index in [-0.39, 0.29) is 0 Å². The normalized spacial score (nSPS) is 11.0. The molecule has 1 aromatic heterocycles. The topological polar surface area (TPSA) is 28.2 Å². The van der Waals surface area contributed by atoms with Crippen LogP contribution in [-0.2, 0) is 6.54 Å². The number of anilines is 1. The van der Waals surface area contributed by atoms with Gasteiger partial charge >= 0.3 is 0 Å². The molecule has 1 aromatic rings. The lowest BCUT2D eigenvalue weighted by atomic mass is 10.1. The molecule has 18 heavy (non-hydrogen) atoms. The van der Waals surface area contributed by atoms with Crippen LogP contribution in [0.3, 0.4) is 0 Å². The van der Waals surface area contributed by atoms with Gasteiger partial charge < -0.3 is 10.2 Å². The Balaban J connectivity index is 2.94. The summed E-state index contributed by atoms with van der Waals surface area (Å²) < 4.78 is 0. The second-order valence-corrected chi connectivity index (χ2v) is 5.22. The highest BCUT2D eigenvalue weighted by atomic mass is 15.2. The van der Waals surface area contributed by atoms with Crippen LogP contribution in [0.5, 0.6) is 0 Å². The first kappa shape index (κ1) is 15.0. The maximum Gasteiger partial charge on any atom is 0.128 e. The highest BCUT2D eigenvalue weighted by Gasteiger charge is 2.09. The number of unbranched alkanes of at least 4 members (excludes halogenated alkanes) is 1. The Morgan fingerprint density at radius 2 is 2.06 bits per heavy atom. The summed E-state index contributed by atoms with van der Waals surface area (Å²) in [7, 11) is 4.11. The lowest BCUT2D eigenvalue weighted by Gasteiger charge is -2.20. The zero-order valence-electron chi connectivity index (χ0n) is 12.5. The number of rotatable bonds is 7. The quantitative estimate of drug-likeness (QED) is 0.804. The maximum absolute atomic E-state index is 4.77. The molecule has 1 heterocycles. The van der Waals surface area contributed by atoms with Gasteiger partial charge in [0.15, 0.2) is 0 Å². The molecule has 0 aliphatic heterocycles. The molecule has 0 aliphatic rings. The van der Waals surface area contributed by atoms with Crippen LogP contribution in [0.1, 0.15) is 50.8 Å². The summed E-state index contributed by atoms with van der Waals surface area (Å²) >= 11 is 0. The van der Waals surface area contributed by atoms with Gasteiger partial charge in [-0.1, -0.05) is 27.2 Å². The van der Waals surface area contributed by atoms with Gasteiger partial charge in [0.05, 0.1) is 0 Å². The van der Waals surface area contributed by atoms with Crippen LogP contribution in [0.15, 0.2) is 12.1 Å². The van der Waals surface area contributed by atoms with Crippen LogP contribution in [0.2, 0.25) is 0 Å². The van der Waals surface area contributed by atoms with E-state index in [2.05, 4.69) is 50.2 Å². The third-order valence-electron chi connectivity index (χ3n) is 3.10. The molecule has 3 heteroatoms. The Morgan fingerprint density at radius 1 is 1.33 bits per heavy atom. The van der Waals surface area contributed by atoms with Crippen molar-refractivity contribution in [3.05, 3.63) is 23.4 Å². The zero-order chi connectivity index (χ0) is 13.5. The molecule has 0 unspecified atom stereocenters. The number of hydrogen-bond donors (Lipinski definition) is 1. The first-order chi connectivity index (χ1) is 8.58. The van der Waals surface area contributed by atoms with Crippen molar-refractivity contribution >= 4 is 5.82 Å². The van der Waals surface area contributed by atoms with Crippen LogP contribution in [-0.4, -0.2) is 25.6 Å². The van der Waals surface area contributed by atoms with E-state index in [1.54, 1.807) is 0 Å². The van der Waals surface area contributed by atoms with Gasteiger partial charge in [-0.3, -0.25) is 0 Å². The standard InChI is InChI=1S/C15H27N3/c1-6-7-8-18(5)15-10-13(11-16-4)9-14(17-15)12(2)3/h9-10,12,16H,6-8,11H2,1-5H3. The van der Waals surface area contributed by atoms with Gasteiger partial charge in [-0.05, 0) is 37.1 Å². The van der Waals surface area contributed by atoms with E-state index in [1.165, 1.54) is 24.1 Å². The van der Waals surface area contributed by atoms with E-state index < -0.39 is 0 Å². The van der Waals surface area contributed by atoms with Crippen LogP contribution in [0.4, 0.5) is 5.82 Å². The second-order valence-electron chi connectivity index (χ2n) is 5.22. The van der Waals surface area contributed by atoms with Crippen molar-refractivity contribution in [2.24, 2.45) is 0 Å². The first-order valence-corrected chi connectivity index (χ1v) is 6.95. The highest BCUT2D eigenvalue weighted by molar-refractivity contribution is 5.42. The van der Waals surface area contributed by atoms with Crippen LogP contribution >= 0.6 is 0 Å². The predicted octanol–water partition coefficient (Wildman–Crippen LogP) is 3.16. The fourth-order valence-corrected chi connectivity index (χ4v) is 1.90. The molecular weight excluding hydrogens is 222 g/mol. The molecule has 0 bridgehead atoms. The first-order valence-electron chi connectivity index (χ1n) is 6.95. The van der Waals surface area contributed by atoms with E-state index in [1.807, 2.05) is 7.05 Å². The molecule has 0 aromatic carbocycles. The van der Waals surface area contributed by atoms with Crippen molar-refractivity contribution in [1.29, 1.82) is 0 Å². The smallest absolute Gasteiger partial charge is 0.128 e. The number of nitrogens with zero attached hydrogens (tertiary/aromatic N) is 2. The summed E-state index contributed by atoms with van der Waals surface area (Å²) in [4.78, 5) is 7.02. The molecule has 1 N–H and O–H groups in total. The Labute approximate surface area is 112 Å².